The Morgan fingerprint density at radius 1 is 1.24 bits per heavy atom. The van der Waals surface area contributed by atoms with Crippen LogP contribution >= 0.6 is 22.9 Å². The molecule has 0 atom stereocenters. The number of rotatable bonds is 3. The second-order valence-corrected chi connectivity index (χ2v) is 6.37. The van der Waals surface area contributed by atoms with Crippen LogP contribution in [-0.2, 0) is 11.2 Å². The summed E-state index contributed by atoms with van der Waals surface area (Å²) in [5.41, 5.74) is 1.34. The van der Waals surface area contributed by atoms with Crippen LogP contribution in [0, 0.1) is 0 Å². The molecule has 2 heterocycles. The number of halogens is 1. The monoisotopic (exact) mass is 319 g/mol. The highest BCUT2D eigenvalue weighted by Crippen LogP contribution is 2.31. The third-order valence-electron chi connectivity index (χ3n) is 3.58. The van der Waals surface area contributed by atoms with Crippen LogP contribution in [-0.4, -0.2) is 18.2 Å². The second-order valence-electron chi connectivity index (χ2n) is 4.97. The summed E-state index contributed by atoms with van der Waals surface area (Å²) in [6.45, 7) is 0.0479. The summed E-state index contributed by atoms with van der Waals surface area (Å²) in [7, 11) is 0. The first-order valence-electron chi connectivity index (χ1n) is 6.81. The number of carbonyl (C=O) groups is 2. The van der Waals surface area contributed by atoms with Crippen molar-refractivity contribution in [1.29, 1.82) is 0 Å². The zero-order valence-corrected chi connectivity index (χ0v) is 12.9. The van der Waals surface area contributed by atoms with E-state index in [2.05, 4.69) is 0 Å². The molecular formula is C16H14ClNO2S. The molecule has 0 N–H and O–H groups in total. The molecule has 21 heavy (non-hydrogen) atoms. The van der Waals surface area contributed by atoms with E-state index in [4.69, 9.17) is 11.6 Å². The lowest BCUT2D eigenvalue weighted by molar-refractivity contribution is -0.118. The van der Waals surface area contributed by atoms with Crippen molar-refractivity contribution in [2.45, 2.75) is 19.3 Å². The van der Waals surface area contributed by atoms with Crippen LogP contribution in [0.2, 0.25) is 5.02 Å². The maximum atomic E-state index is 12.4. The Morgan fingerprint density at radius 3 is 2.86 bits per heavy atom. The van der Waals surface area contributed by atoms with Crippen LogP contribution in [0.1, 0.15) is 28.1 Å². The molecule has 1 aromatic heterocycles. The minimum Gasteiger partial charge on any atom is -0.303 e. The zero-order valence-electron chi connectivity index (χ0n) is 11.3. The summed E-state index contributed by atoms with van der Waals surface area (Å²) < 4.78 is 0. The van der Waals surface area contributed by atoms with Crippen molar-refractivity contribution in [1.82, 2.24) is 0 Å². The maximum absolute atomic E-state index is 12.4. The molecule has 108 valence electrons. The molecule has 0 saturated heterocycles. The van der Waals surface area contributed by atoms with Crippen LogP contribution in [0.4, 0.5) is 5.69 Å². The predicted molar refractivity (Wildman–Crippen MR) is 85.4 cm³/mol. The number of anilines is 1. The number of hydrogen-bond acceptors (Lipinski definition) is 3. The summed E-state index contributed by atoms with van der Waals surface area (Å²) in [5, 5.41) is 2.39. The van der Waals surface area contributed by atoms with Crippen molar-refractivity contribution >= 4 is 40.3 Å². The van der Waals surface area contributed by atoms with Gasteiger partial charge in [0.2, 0.25) is 5.91 Å². The van der Waals surface area contributed by atoms with Crippen LogP contribution < -0.4 is 4.90 Å². The smallest absolute Gasteiger partial charge is 0.227 e. The van der Waals surface area contributed by atoms with E-state index in [-0.39, 0.29) is 18.2 Å². The van der Waals surface area contributed by atoms with E-state index in [1.807, 2.05) is 11.4 Å². The van der Waals surface area contributed by atoms with Gasteiger partial charge in [-0.05, 0) is 36.4 Å². The Labute approximate surface area is 132 Å². The highest BCUT2D eigenvalue weighted by molar-refractivity contribution is 7.10. The number of nitrogens with zero attached hydrogens (tertiary/aromatic N) is 1. The topological polar surface area (TPSA) is 37.4 Å². The highest BCUT2D eigenvalue weighted by Gasteiger charge is 2.25. The molecule has 0 fully saturated rings. The van der Waals surface area contributed by atoms with E-state index >= 15 is 0 Å². The molecule has 0 spiro atoms. The lowest BCUT2D eigenvalue weighted by Gasteiger charge is -2.20. The van der Waals surface area contributed by atoms with E-state index in [1.165, 1.54) is 4.88 Å². The van der Waals surface area contributed by atoms with Gasteiger partial charge in [0.15, 0.2) is 5.78 Å². The zero-order chi connectivity index (χ0) is 14.8. The van der Waals surface area contributed by atoms with Crippen LogP contribution in [0.15, 0.2) is 35.7 Å². The molecule has 5 heteroatoms. The summed E-state index contributed by atoms with van der Waals surface area (Å²) in [5.74, 6) is -0.124. The molecule has 0 radical (unpaired) electrons. The Hall–Kier alpha value is -1.65. The van der Waals surface area contributed by atoms with Gasteiger partial charge in [0, 0.05) is 16.9 Å². The maximum Gasteiger partial charge on any atom is 0.227 e. The molecular weight excluding hydrogens is 306 g/mol. The van der Waals surface area contributed by atoms with Gasteiger partial charge < -0.3 is 4.90 Å². The average Bonchev–Trinajstić information content (AvgIpc) is 2.87. The van der Waals surface area contributed by atoms with Gasteiger partial charge in [-0.25, -0.2) is 0 Å². The van der Waals surface area contributed by atoms with Gasteiger partial charge in [-0.1, -0.05) is 23.7 Å². The molecule has 0 saturated carbocycles. The largest absolute Gasteiger partial charge is 0.303 e. The fraction of sp³-hybridized carbons (Fsp3) is 0.250. The Balaban J connectivity index is 1.89. The van der Waals surface area contributed by atoms with Crippen LogP contribution in [0.3, 0.4) is 0 Å². The Morgan fingerprint density at radius 2 is 2.05 bits per heavy atom. The molecule has 1 aliphatic rings. The SMILES string of the molecule is O=C(CN1C(=O)CCCc2sccc21)c1ccccc1Cl. The van der Waals surface area contributed by atoms with Gasteiger partial charge in [-0.3, -0.25) is 9.59 Å². The first kappa shape index (κ1) is 14.3. The standard InChI is InChI=1S/C16H14ClNO2S/c17-12-5-2-1-4-11(12)14(19)10-18-13-8-9-21-15(13)6-3-7-16(18)20/h1-2,4-5,8-9H,3,6-7,10H2. The number of aryl methyl sites for hydroxylation is 1. The minimum absolute atomic E-state index is 0.00699. The van der Waals surface area contributed by atoms with E-state index in [1.54, 1.807) is 40.5 Å². The Bertz CT molecular complexity index is 695. The van der Waals surface area contributed by atoms with E-state index in [0.29, 0.717) is 17.0 Å². The summed E-state index contributed by atoms with van der Waals surface area (Å²) in [4.78, 5) is 27.5. The van der Waals surface area contributed by atoms with Crippen LogP contribution in [0.5, 0.6) is 0 Å². The second kappa shape index (κ2) is 6.00. The van der Waals surface area contributed by atoms with Gasteiger partial charge in [0.05, 0.1) is 17.3 Å². The average molecular weight is 320 g/mol. The first-order chi connectivity index (χ1) is 10.2. The molecule has 3 nitrogen and oxygen atoms in total. The number of carbonyl (C=O) groups excluding carboxylic acids is 2. The minimum atomic E-state index is -0.131. The van der Waals surface area contributed by atoms with Crippen molar-refractivity contribution in [3.05, 3.63) is 51.2 Å². The number of hydrogen-bond donors (Lipinski definition) is 0. The molecule has 1 amide bonds. The number of thiophene rings is 1. The van der Waals surface area contributed by atoms with Gasteiger partial charge in [0.1, 0.15) is 0 Å². The third-order valence-corrected chi connectivity index (χ3v) is 4.88. The lowest BCUT2D eigenvalue weighted by atomic mass is 10.1. The molecule has 0 unspecified atom stereocenters. The van der Waals surface area contributed by atoms with Crippen molar-refractivity contribution in [2.75, 3.05) is 11.4 Å². The summed E-state index contributed by atoms with van der Waals surface area (Å²) in [6, 6.07) is 8.87. The number of fused-ring (bicyclic) bond motifs is 1. The summed E-state index contributed by atoms with van der Waals surface area (Å²) in [6.07, 6.45) is 2.22. The number of amides is 1. The van der Waals surface area contributed by atoms with Gasteiger partial charge >= 0.3 is 0 Å². The molecule has 0 aliphatic carbocycles. The van der Waals surface area contributed by atoms with Crippen LogP contribution in [0.25, 0.3) is 0 Å². The predicted octanol–water partition coefficient (Wildman–Crippen LogP) is 3.95. The number of benzene rings is 1. The Kier molecular flexibility index (Phi) is 4.08. The third kappa shape index (κ3) is 2.87. The normalized spacial score (nSPS) is 14.7. The van der Waals surface area contributed by atoms with E-state index in [0.717, 1.165) is 18.5 Å². The summed E-state index contributed by atoms with van der Waals surface area (Å²) >= 11 is 7.70. The molecule has 1 aromatic carbocycles. The fourth-order valence-corrected chi connectivity index (χ4v) is 3.68. The van der Waals surface area contributed by atoms with Gasteiger partial charge in [-0.2, -0.15) is 0 Å². The lowest BCUT2D eigenvalue weighted by Crippen LogP contribution is -2.35. The molecule has 0 bridgehead atoms. The quantitative estimate of drug-likeness (QED) is 0.803. The van der Waals surface area contributed by atoms with Gasteiger partial charge in [0.25, 0.3) is 0 Å². The molecule has 2 aromatic rings. The van der Waals surface area contributed by atoms with Gasteiger partial charge in [-0.15, -0.1) is 11.3 Å². The molecule has 1 aliphatic heterocycles. The van der Waals surface area contributed by atoms with Crippen molar-refractivity contribution in [2.24, 2.45) is 0 Å². The van der Waals surface area contributed by atoms with Crippen molar-refractivity contribution in [3.8, 4) is 0 Å². The van der Waals surface area contributed by atoms with Crippen molar-refractivity contribution < 1.29 is 9.59 Å². The molecule has 3 rings (SSSR count). The first-order valence-corrected chi connectivity index (χ1v) is 8.07. The highest BCUT2D eigenvalue weighted by atomic mass is 35.5. The number of Topliss-reactive ketones (excluding diaryl/α,β-unsaturated/α-hetero) is 1. The number of ketones is 1. The van der Waals surface area contributed by atoms with E-state index < -0.39 is 0 Å². The van der Waals surface area contributed by atoms with E-state index in [9.17, 15) is 9.59 Å². The van der Waals surface area contributed by atoms with Crippen molar-refractivity contribution in [3.63, 3.8) is 0 Å². The fourth-order valence-electron chi connectivity index (χ4n) is 2.52.